The van der Waals surface area contributed by atoms with Crippen LogP contribution in [-0.4, -0.2) is 27.0 Å². The number of rotatable bonds is 3. The van der Waals surface area contributed by atoms with Crippen LogP contribution >= 0.6 is 0 Å². The minimum Gasteiger partial charge on any atom is -0.478 e. The van der Waals surface area contributed by atoms with Gasteiger partial charge in [0.25, 0.3) is 11.5 Å². The molecule has 0 spiro atoms. The lowest BCUT2D eigenvalue weighted by Gasteiger charge is -2.08. The van der Waals surface area contributed by atoms with Crippen LogP contribution in [0.4, 0.5) is 5.69 Å². The van der Waals surface area contributed by atoms with Crippen LogP contribution in [0.5, 0.6) is 0 Å². The minimum atomic E-state index is -1.08. The number of nitrogens with one attached hydrogen (secondary N) is 2. The second-order valence-corrected chi connectivity index (χ2v) is 4.09. The van der Waals surface area contributed by atoms with Gasteiger partial charge in [-0.25, -0.2) is 9.78 Å². The molecule has 1 heterocycles. The Labute approximate surface area is 113 Å². The SMILES string of the molecule is Cc1ccc(C(=O)O)cc1NC(=O)c1c[nH]c(=O)cn1. The van der Waals surface area contributed by atoms with Crippen molar-refractivity contribution in [1.82, 2.24) is 9.97 Å². The Morgan fingerprint density at radius 2 is 2.10 bits per heavy atom. The summed E-state index contributed by atoms with van der Waals surface area (Å²) < 4.78 is 0. The molecule has 0 aliphatic heterocycles. The molecule has 7 nitrogen and oxygen atoms in total. The summed E-state index contributed by atoms with van der Waals surface area (Å²) in [7, 11) is 0. The number of carboxylic acids is 1. The molecule has 0 aliphatic rings. The Morgan fingerprint density at radius 3 is 2.70 bits per heavy atom. The Morgan fingerprint density at radius 1 is 1.35 bits per heavy atom. The Kier molecular flexibility index (Phi) is 3.60. The van der Waals surface area contributed by atoms with Gasteiger partial charge in [0.05, 0.1) is 11.8 Å². The number of aryl methyl sites for hydroxylation is 1. The predicted octanol–water partition coefficient (Wildman–Crippen LogP) is 1.03. The monoisotopic (exact) mass is 273 g/mol. The molecule has 102 valence electrons. The van der Waals surface area contributed by atoms with Gasteiger partial charge in [0.15, 0.2) is 0 Å². The van der Waals surface area contributed by atoms with Gasteiger partial charge < -0.3 is 15.4 Å². The molecule has 0 saturated carbocycles. The van der Waals surface area contributed by atoms with E-state index in [4.69, 9.17) is 5.11 Å². The zero-order valence-electron chi connectivity index (χ0n) is 10.5. The highest BCUT2D eigenvalue weighted by Gasteiger charge is 2.11. The number of anilines is 1. The lowest BCUT2D eigenvalue weighted by atomic mass is 10.1. The standard InChI is InChI=1S/C13H11N3O4/c1-7-2-3-8(13(19)20)4-9(7)16-12(18)10-5-15-11(17)6-14-10/h2-6H,1H3,(H,15,17)(H,16,18)(H,19,20). The molecule has 1 aromatic heterocycles. The predicted molar refractivity (Wildman–Crippen MR) is 70.9 cm³/mol. The fraction of sp³-hybridized carbons (Fsp3) is 0.0769. The summed E-state index contributed by atoms with van der Waals surface area (Å²) >= 11 is 0. The summed E-state index contributed by atoms with van der Waals surface area (Å²) in [6.07, 6.45) is 2.18. The fourth-order valence-corrected chi connectivity index (χ4v) is 1.54. The van der Waals surface area contributed by atoms with Crippen molar-refractivity contribution in [3.63, 3.8) is 0 Å². The molecule has 0 bridgehead atoms. The van der Waals surface area contributed by atoms with Crippen LogP contribution in [-0.2, 0) is 0 Å². The van der Waals surface area contributed by atoms with Crippen molar-refractivity contribution < 1.29 is 14.7 Å². The number of carboxylic acid groups (broad SMARTS) is 1. The molecular weight excluding hydrogens is 262 g/mol. The van der Waals surface area contributed by atoms with Crippen molar-refractivity contribution in [3.05, 3.63) is 57.8 Å². The molecular formula is C13H11N3O4. The average Bonchev–Trinajstić information content (AvgIpc) is 2.41. The van der Waals surface area contributed by atoms with Gasteiger partial charge in [-0.2, -0.15) is 0 Å². The number of carbonyl (C=O) groups excluding carboxylic acids is 1. The van der Waals surface area contributed by atoms with Crippen molar-refractivity contribution in [2.45, 2.75) is 6.92 Å². The minimum absolute atomic E-state index is 0.0322. The van der Waals surface area contributed by atoms with Gasteiger partial charge in [-0.1, -0.05) is 6.07 Å². The number of hydrogen-bond donors (Lipinski definition) is 3. The summed E-state index contributed by atoms with van der Waals surface area (Å²) in [6.45, 7) is 1.74. The molecule has 0 aliphatic carbocycles. The van der Waals surface area contributed by atoms with Gasteiger partial charge in [-0.3, -0.25) is 9.59 Å². The number of aromatic carboxylic acids is 1. The highest BCUT2D eigenvalue weighted by molar-refractivity contribution is 6.03. The fourth-order valence-electron chi connectivity index (χ4n) is 1.54. The lowest BCUT2D eigenvalue weighted by Crippen LogP contribution is -2.17. The number of carbonyl (C=O) groups is 2. The summed E-state index contributed by atoms with van der Waals surface area (Å²) in [5.74, 6) is -1.62. The normalized spacial score (nSPS) is 10.1. The third kappa shape index (κ3) is 2.89. The molecule has 2 rings (SSSR count). The average molecular weight is 273 g/mol. The highest BCUT2D eigenvalue weighted by atomic mass is 16.4. The highest BCUT2D eigenvalue weighted by Crippen LogP contribution is 2.17. The Hall–Kier alpha value is -2.96. The molecule has 0 atom stereocenters. The molecule has 7 heteroatoms. The zero-order chi connectivity index (χ0) is 14.7. The molecule has 1 aromatic carbocycles. The van der Waals surface area contributed by atoms with Crippen LogP contribution < -0.4 is 10.9 Å². The van der Waals surface area contributed by atoms with Crippen LogP contribution in [0.15, 0.2) is 35.4 Å². The molecule has 0 radical (unpaired) electrons. The van der Waals surface area contributed by atoms with E-state index in [1.165, 1.54) is 18.3 Å². The van der Waals surface area contributed by atoms with Crippen LogP contribution in [0.1, 0.15) is 26.4 Å². The van der Waals surface area contributed by atoms with Crippen molar-refractivity contribution in [1.29, 1.82) is 0 Å². The van der Waals surface area contributed by atoms with Gasteiger partial charge in [0, 0.05) is 11.9 Å². The number of H-pyrrole nitrogens is 1. The van der Waals surface area contributed by atoms with E-state index in [1.807, 2.05) is 0 Å². The second kappa shape index (κ2) is 5.35. The van der Waals surface area contributed by atoms with Crippen LogP contribution in [0.25, 0.3) is 0 Å². The van der Waals surface area contributed by atoms with E-state index in [9.17, 15) is 14.4 Å². The second-order valence-electron chi connectivity index (χ2n) is 4.09. The largest absolute Gasteiger partial charge is 0.478 e. The smallest absolute Gasteiger partial charge is 0.335 e. The number of amides is 1. The molecule has 3 N–H and O–H groups in total. The van der Waals surface area contributed by atoms with Gasteiger partial charge in [-0.15, -0.1) is 0 Å². The Bertz CT molecular complexity index is 716. The molecule has 2 aromatic rings. The topological polar surface area (TPSA) is 112 Å². The summed E-state index contributed by atoms with van der Waals surface area (Å²) in [5.41, 5.74) is 0.784. The third-order valence-corrected chi connectivity index (χ3v) is 2.64. The van der Waals surface area contributed by atoms with Gasteiger partial charge in [0.2, 0.25) is 0 Å². The third-order valence-electron chi connectivity index (χ3n) is 2.64. The van der Waals surface area contributed by atoms with E-state index in [0.717, 1.165) is 6.20 Å². The van der Waals surface area contributed by atoms with Crippen molar-refractivity contribution in [2.24, 2.45) is 0 Å². The summed E-state index contributed by atoms with van der Waals surface area (Å²) in [6, 6.07) is 4.41. The molecule has 0 saturated heterocycles. The van der Waals surface area contributed by atoms with Gasteiger partial charge >= 0.3 is 5.97 Å². The van der Waals surface area contributed by atoms with E-state index in [1.54, 1.807) is 13.0 Å². The number of nitrogens with zero attached hydrogens (tertiary/aromatic N) is 1. The van der Waals surface area contributed by atoms with E-state index < -0.39 is 17.4 Å². The van der Waals surface area contributed by atoms with Crippen molar-refractivity contribution >= 4 is 17.6 Å². The van der Waals surface area contributed by atoms with Crippen molar-refractivity contribution in [2.75, 3.05) is 5.32 Å². The lowest BCUT2D eigenvalue weighted by molar-refractivity contribution is 0.0696. The van der Waals surface area contributed by atoms with Gasteiger partial charge in [-0.05, 0) is 24.6 Å². The van der Waals surface area contributed by atoms with E-state index >= 15 is 0 Å². The maximum Gasteiger partial charge on any atom is 0.335 e. The zero-order valence-corrected chi connectivity index (χ0v) is 10.5. The maximum atomic E-state index is 11.9. The first-order valence-electron chi connectivity index (χ1n) is 5.67. The Balaban J connectivity index is 2.27. The first kappa shape index (κ1) is 13.5. The first-order chi connectivity index (χ1) is 9.47. The van der Waals surface area contributed by atoms with Crippen LogP contribution in [0.2, 0.25) is 0 Å². The molecule has 1 amide bonds. The summed E-state index contributed by atoms with van der Waals surface area (Å²) in [4.78, 5) is 39.7. The van der Waals surface area contributed by atoms with E-state index in [2.05, 4.69) is 15.3 Å². The number of benzene rings is 1. The first-order valence-corrected chi connectivity index (χ1v) is 5.67. The summed E-state index contributed by atoms with van der Waals surface area (Å²) in [5, 5.41) is 11.5. The maximum absolute atomic E-state index is 11.9. The number of aromatic nitrogens is 2. The quantitative estimate of drug-likeness (QED) is 0.773. The number of aromatic amines is 1. The molecule has 20 heavy (non-hydrogen) atoms. The van der Waals surface area contributed by atoms with Crippen LogP contribution in [0, 0.1) is 6.92 Å². The van der Waals surface area contributed by atoms with E-state index in [0.29, 0.717) is 11.3 Å². The van der Waals surface area contributed by atoms with Gasteiger partial charge in [0.1, 0.15) is 5.69 Å². The molecule has 0 fully saturated rings. The van der Waals surface area contributed by atoms with Crippen LogP contribution in [0.3, 0.4) is 0 Å². The van der Waals surface area contributed by atoms with Crippen molar-refractivity contribution in [3.8, 4) is 0 Å². The molecule has 0 unspecified atom stereocenters. The van der Waals surface area contributed by atoms with E-state index in [-0.39, 0.29) is 11.3 Å². The number of hydrogen-bond acceptors (Lipinski definition) is 4.